The zero-order valence-electron chi connectivity index (χ0n) is 15.8. The van der Waals surface area contributed by atoms with Gasteiger partial charge in [0.1, 0.15) is 50.9 Å². The molecule has 0 bridgehead atoms. The zero-order valence-corrected chi connectivity index (χ0v) is 15.8. The predicted octanol–water partition coefficient (Wildman–Crippen LogP) is -0.0650. The Balaban J connectivity index is 1.33. The molecule has 1 fully saturated rings. The number of rotatable bonds is 7. The van der Waals surface area contributed by atoms with Crippen LogP contribution >= 0.6 is 0 Å². The Labute approximate surface area is 159 Å². The SMILES string of the molecule is Cc1cccc(OCC[NH+]2CC[NH+](CC(=O)Nc3ccc(F)cc3)CC2)c1. The van der Waals surface area contributed by atoms with Crippen molar-refractivity contribution in [3.05, 3.63) is 59.9 Å². The molecule has 0 atom stereocenters. The van der Waals surface area contributed by atoms with Crippen molar-refractivity contribution in [1.29, 1.82) is 0 Å². The van der Waals surface area contributed by atoms with E-state index in [2.05, 4.69) is 24.4 Å². The molecule has 2 aromatic carbocycles. The lowest BCUT2D eigenvalue weighted by atomic mass is 10.2. The zero-order chi connectivity index (χ0) is 19.1. The molecule has 0 saturated carbocycles. The molecule has 0 radical (unpaired) electrons. The summed E-state index contributed by atoms with van der Waals surface area (Å²) in [6.45, 7) is 8.21. The minimum atomic E-state index is -0.302. The van der Waals surface area contributed by atoms with Gasteiger partial charge >= 0.3 is 0 Å². The number of carbonyl (C=O) groups is 1. The minimum Gasteiger partial charge on any atom is -0.488 e. The van der Waals surface area contributed by atoms with E-state index in [1.807, 2.05) is 12.1 Å². The summed E-state index contributed by atoms with van der Waals surface area (Å²) in [4.78, 5) is 15.0. The van der Waals surface area contributed by atoms with Crippen LogP contribution in [0, 0.1) is 12.7 Å². The van der Waals surface area contributed by atoms with E-state index in [4.69, 9.17) is 4.74 Å². The lowest BCUT2D eigenvalue weighted by molar-refractivity contribution is -1.01. The van der Waals surface area contributed by atoms with Gasteiger partial charge in [0.25, 0.3) is 5.91 Å². The summed E-state index contributed by atoms with van der Waals surface area (Å²) < 4.78 is 18.7. The van der Waals surface area contributed by atoms with Crippen molar-refractivity contribution >= 4 is 11.6 Å². The van der Waals surface area contributed by atoms with Crippen molar-refractivity contribution in [3.63, 3.8) is 0 Å². The van der Waals surface area contributed by atoms with Crippen molar-refractivity contribution < 1.29 is 23.7 Å². The second-order valence-corrected chi connectivity index (χ2v) is 7.15. The summed E-state index contributed by atoms with van der Waals surface area (Å²) in [7, 11) is 0. The molecular formula is C21H28FN3O2+2. The highest BCUT2D eigenvalue weighted by Gasteiger charge is 2.24. The van der Waals surface area contributed by atoms with Crippen molar-refractivity contribution in [3.8, 4) is 5.75 Å². The third kappa shape index (κ3) is 6.34. The predicted molar refractivity (Wildman–Crippen MR) is 103 cm³/mol. The molecule has 27 heavy (non-hydrogen) atoms. The molecule has 0 aliphatic carbocycles. The average molecular weight is 373 g/mol. The van der Waals surface area contributed by atoms with Gasteiger partial charge in [0.2, 0.25) is 0 Å². The number of anilines is 1. The molecule has 3 rings (SSSR count). The number of nitrogens with one attached hydrogen (secondary N) is 3. The monoisotopic (exact) mass is 373 g/mol. The number of quaternary nitrogens is 2. The number of hydrogen-bond donors (Lipinski definition) is 3. The molecule has 5 nitrogen and oxygen atoms in total. The lowest BCUT2D eigenvalue weighted by Gasteiger charge is -2.29. The van der Waals surface area contributed by atoms with Crippen molar-refractivity contribution in [2.45, 2.75) is 6.92 Å². The van der Waals surface area contributed by atoms with Gasteiger partial charge in [0, 0.05) is 5.69 Å². The summed E-state index contributed by atoms with van der Waals surface area (Å²) in [6, 6.07) is 14.0. The summed E-state index contributed by atoms with van der Waals surface area (Å²) in [5, 5.41) is 2.83. The maximum absolute atomic E-state index is 12.9. The number of amides is 1. The molecule has 1 heterocycles. The Kier molecular flexibility index (Phi) is 6.79. The van der Waals surface area contributed by atoms with E-state index < -0.39 is 0 Å². The molecule has 3 N–H and O–H groups in total. The number of piperazine rings is 1. The second kappa shape index (κ2) is 9.48. The molecule has 144 valence electrons. The first-order valence-corrected chi connectivity index (χ1v) is 9.50. The molecule has 0 aromatic heterocycles. The number of halogens is 1. The van der Waals surface area contributed by atoms with E-state index in [0.717, 1.165) is 38.5 Å². The van der Waals surface area contributed by atoms with Gasteiger partial charge in [-0.3, -0.25) is 4.79 Å². The highest BCUT2D eigenvalue weighted by atomic mass is 19.1. The van der Waals surface area contributed by atoms with Crippen molar-refractivity contribution in [2.75, 3.05) is 51.2 Å². The maximum atomic E-state index is 12.9. The van der Waals surface area contributed by atoms with E-state index in [0.29, 0.717) is 18.8 Å². The average Bonchev–Trinajstić information content (AvgIpc) is 2.65. The molecule has 6 heteroatoms. The molecule has 0 unspecified atom stereocenters. The van der Waals surface area contributed by atoms with Crippen LogP contribution in [0.5, 0.6) is 5.75 Å². The third-order valence-electron chi connectivity index (χ3n) is 4.92. The maximum Gasteiger partial charge on any atom is 0.279 e. The summed E-state index contributed by atoms with van der Waals surface area (Å²) in [5.41, 5.74) is 1.84. The van der Waals surface area contributed by atoms with Crippen LogP contribution in [-0.2, 0) is 4.79 Å². The van der Waals surface area contributed by atoms with Gasteiger partial charge in [-0.05, 0) is 48.9 Å². The summed E-state index contributed by atoms with van der Waals surface area (Å²) in [6.07, 6.45) is 0. The highest BCUT2D eigenvalue weighted by molar-refractivity contribution is 5.91. The van der Waals surface area contributed by atoms with Crippen LogP contribution in [0.15, 0.2) is 48.5 Å². The van der Waals surface area contributed by atoms with Gasteiger partial charge in [-0.15, -0.1) is 0 Å². The molecule has 1 amide bonds. The third-order valence-corrected chi connectivity index (χ3v) is 4.92. The van der Waals surface area contributed by atoms with E-state index in [1.54, 1.807) is 12.1 Å². The fraction of sp³-hybridized carbons (Fsp3) is 0.381. The lowest BCUT2D eigenvalue weighted by Crippen LogP contribution is -3.28. The quantitative estimate of drug-likeness (QED) is 0.637. The first-order chi connectivity index (χ1) is 13.1. The molecular weight excluding hydrogens is 345 g/mol. The summed E-state index contributed by atoms with van der Waals surface area (Å²) in [5.74, 6) is 0.600. The number of benzene rings is 2. The van der Waals surface area contributed by atoms with Crippen molar-refractivity contribution in [1.82, 2.24) is 0 Å². The largest absolute Gasteiger partial charge is 0.488 e. The number of hydrogen-bond acceptors (Lipinski definition) is 2. The van der Waals surface area contributed by atoms with Crippen LogP contribution in [0.3, 0.4) is 0 Å². The van der Waals surface area contributed by atoms with Crippen LogP contribution in [-0.4, -0.2) is 51.8 Å². The van der Waals surface area contributed by atoms with Gasteiger partial charge in [-0.1, -0.05) is 12.1 Å². The fourth-order valence-electron chi connectivity index (χ4n) is 3.37. The van der Waals surface area contributed by atoms with E-state index in [1.165, 1.54) is 27.5 Å². The first-order valence-electron chi connectivity index (χ1n) is 9.50. The molecule has 1 aliphatic heterocycles. The molecule has 0 spiro atoms. The standard InChI is InChI=1S/C21H26FN3O2/c1-17-3-2-4-20(15-17)27-14-13-24-9-11-25(12-10-24)16-21(26)23-19-7-5-18(22)6-8-19/h2-8,15H,9-14,16H2,1H3,(H,23,26)/p+2. The summed E-state index contributed by atoms with van der Waals surface area (Å²) >= 11 is 0. The fourth-order valence-corrected chi connectivity index (χ4v) is 3.37. The Hall–Kier alpha value is -2.44. The number of carbonyl (C=O) groups excluding carboxylic acids is 1. The highest BCUT2D eigenvalue weighted by Crippen LogP contribution is 2.11. The molecule has 2 aromatic rings. The first kappa shape index (κ1) is 19.3. The smallest absolute Gasteiger partial charge is 0.279 e. The van der Waals surface area contributed by atoms with Gasteiger partial charge in [-0.25, -0.2) is 4.39 Å². The second-order valence-electron chi connectivity index (χ2n) is 7.15. The van der Waals surface area contributed by atoms with Crippen LogP contribution in [0.25, 0.3) is 0 Å². The van der Waals surface area contributed by atoms with E-state index in [9.17, 15) is 9.18 Å². The van der Waals surface area contributed by atoms with E-state index >= 15 is 0 Å². The minimum absolute atomic E-state index is 0.0251. The van der Waals surface area contributed by atoms with Gasteiger partial charge in [0.15, 0.2) is 6.54 Å². The Morgan fingerprint density at radius 3 is 2.48 bits per heavy atom. The Bertz CT molecular complexity index is 743. The Morgan fingerprint density at radius 1 is 1.07 bits per heavy atom. The topological polar surface area (TPSA) is 47.2 Å². The van der Waals surface area contributed by atoms with Crippen LogP contribution < -0.4 is 19.9 Å². The number of ether oxygens (including phenoxy) is 1. The Morgan fingerprint density at radius 2 is 1.78 bits per heavy atom. The van der Waals surface area contributed by atoms with Crippen LogP contribution in [0.4, 0.5) is 10.1 Å². The van der Waals surface area contributed by atoms with E-state index in [-0.39, 0.29) is 11.7 Å². The van der Waals surface area contributed by atoms with Gasteiger partial charge in [-0.2, -0.15) is 0 Å². The molecule has 1 aliphatic rings. The van der Waals surface area contributed by atoms with Gasteiger partial charge in [0.05, 0.1) is 0 Å². The van der Waals surface area contributed by atoms with Crippen molar-refractivity contribution in [2.24, 2.45) is 0 Å². The van der Waals surface area contributed by atoms with Crippen LogP contribution in [0.1, 0.15) is 5.56 Å². The molecule has 1 saturated heterocycles. The normalized spacial score (nSPS) is 19.5. The number of aryl methyl sites for hydroxylation is 1. The van der Waals surface area contributed by atoms with Gasteiger partial charge < -0.3 is 19.9 Å². The van der Waals surface area contributed by atoms with Crippen LogP contribution in [0.2, 0.25) is 0 Å².